The van der Waals surface area contributed by atoms with E-state index in [9.17, 15) is 5.11 Å². The predicted molar refractivity (Wildman–Crippen MR) is 66.4 cm³/mol. The van der Waals surface area contributed by atoms with Gasteiger partial charge in [0.1, 0.15) is 0 Å². The van der Waals surface area contributed by atoms with Crippen molar-refractivity contribution in [2.75, 3.05) is 18.0 Å². The molecule has 16 heavy (non-hydrogen) atoms. The molecular formula is C12H15BrN2O. The highest BCUT2D eigenvalue weighted by Crippen LogP contribution is 2.41. The van der Waals surface area contributed by atoms with Crippen molar-refractivity contribution >= 4 is 21.6 Å². The molecule has 3 nitrogen and oxygen atoms in total. The van der Waals surface area contributed by atoms with E-state index in [1.807, 2.05) is 18.5 Å². The molecule has 1 aliphatic heterocycles. The normalized spacial score (nSPS) is 33.1. The Kier molecular flexibility index (Phi) is 2.64. The number of hydrogen-bond acceptors (Lipinski definition) is 3. The monoisotopic (exact) mass is 282 g/mol. The Balaban J connectivity index is 1.82. The van der Waals surface area contributed by atoms with Crippen molar-refractivity contribution in [1.29, 1.82) is 0 Å². The van der Waals surface area contributed by atoms with Crippen LogP contribution in [0.15, 0.2) is 22.9 Å². The van der Waals surface area contributed by atoms with Crippen LogP contribution in [0.25, 0.3) is 0 Å². The standard InChI is InChI=1S/C12H15BrN2O/c13-10-5-14-4-3-11(10)15-6-8-1-2-12(16)9(8)7-15/h3-5,8-9,12,16H,1-2,6-7H2. The van der Waals surface area contributed by atoms with Crippen LogP contribution in [0.1, 0.15) is 12.8 Å². The van der Waals surface area contributed by atoms with Gasteiger partial charge in [0.05, 0.1) is 16.3 Å². The van der Waals surface area contributed by atoms with E-state index in [-0.39, 0.29) is 6.10 Å². The Hall–Kier alpha value is -0.610. The van der Waals surface area contributed by atoms with Crippen molar-refractivity contribution in [2.45, 2.75) is 18.9 Å². The number of anilines is 1. The summed E-state index contributed by atoms with van der Waals surface area (Å²) in [6.45, 7) is 2.05. The highest BCUT2D eigenvalue weighted by atomic mass is 79.9. The van der Waals surface area contributed by atoms with Crippen LogP contribution in [-0.2, 0) is 0 Å². The summed E-state index contributed by atoms with van der Waals surface area (Å²) in [6, 6.07) is 2.04. The van der Waals surface area contributed by atoms with Gasteiger partial charge in [-0.15, -0.1) is 0 Å². The maximum absolute atomic E-state index is 9.88. The Bertz CT molecular complexity index is 398. The summed E-state index contributed by atoms with van der Waals surface area (Å²) in [4.78, 5) is 6.45. The van der Waals surface area contributed by atoms with E-state index in [4.69, 9.17) is 0 Å². The zero-order valence-electron chi connectivity index (χ0n) is 9.01. The predicted octanol–water partition coefficient (Wildman–Crippen LogP) is 2.05. The van der Waals surface area contributed by atoms with Crippen LogP contribution in [0.3, 0.4) is 0 Å². The molecule has 0 bridgehead atoms. The van der Waals surface area contributed by atoms with Crippen LogP contribution in [0.5, 0.6) is 0 Å². The fourth-order valence-corrected chi connectivity index (χ4v) is 3.56. The van der Waals surface area contributed by atoms with Gasteiger partial charge in [0.25, 0.3) is 0 Å². The second-order valence-electron chi connectivity index (χ2n) is 4.80. The molecule has 3 atom stereocenters. The third-order valence-corrected chi connectivity index (χ3v) is 4.52. The summed E-state index contributed by atoms with van der Waals surface area (Å²) in [6.07, 6.45) is 5.73. The van der Waals surface area contributed by atoms with E-state index in [2.05, 4.69) is 25.8 Å². The lowest BCUT2D eigenvalue weighted by atomic mass is 10.00. The van der Waals surface area contributed by atoms with Gasteiger partial charge in [-0.2, -0.15) is 0 Å². The lowest BCUT2D eigenvalue weighted by Crippen LogP contribution is -2.24. The molecule has 3 rings (SSSR count). The number of nitrogens with zero attached hydrogens (tertiary/aromatic N) is 2. The SMILES string of the molecule is OC1CCC2CN(c3ccncc3Br)CC12. The van der Waals surface area contributed by atoms with Gasteiger partial charge in [0, 0.05) is 31.4 Å². The van der Waals surface area contributed by atoms with E-state index in [1.54, 1.807) is 0 Å². The van der Waals surface area contributed by atoms with Gasteiger partial charge >= 0.3 is 0 Å². The second-order valence-corrected chi connectivity index (χ2v) is 5.66. The average molecular weight is 283 g/mol. The third kappa shape index (κ3) is 1.64. The zero-order chi connectivity index (χ0) is 11.1. The van der Waals surface area contributed by atoms with Crippen LogP contribution < -0.4 is 4.90 Å². The van der Waals surface area contributed by atoms with Crippen LogP contribution in [0.2, 0.25) is 0 Å². The molecule has 1 N–H and O–H groups in total. The maximum atomic E-state index is 9.88. The fourth-order valence-electron chi connectivity index (χ4n) is 3.06. The molecule has 1 saturated carbocycles. The molecule has 86 valence electrons. The smallest absolute Gasteiger partial charge is 0.0592 e. The minimum atomic E-state index is -0.0874. The van der Waals surface area contributed by atoms with Gasteiger partial charge in [-0.25, -0.2) is 0 Å². The minimum Gasteiger partial charge on any atom is -0.393 e. The molecule has 0 aromatic carbocycles. The molecule has 4 heteroatoms. The van der Waals surface area contributed by atoms with Crippen LogP contribution in [-0.4, -0.2) is 29.3 Å². The number of halogens is 1. The molecule has 3 unspecified atom stereocenters. The van der Waals surface area contributed by atoms with E-state index < -0.39 is 0 Å². The first-order valence-corrected chi connectivity index (χ1v) is 6.57. The maximum Gasteiger partial charge on any atom is 0.0592 e. The molecule has 0 spiro atoms. The second kappa shape index (κ2) is 4.00. The Morgan fingerprint density at radius 1 is 1.38 bits per heavy atom. The molecule has 2 heterocycles. The highest BCUT2D eigenvalue weighted by Gasteiger charge is 2.42. The van der Waals surface area contributed by atoms with E-state index >= 15 is 0 Å². The van der Waals surface area contributed by atoms with Crippen LogP contribution in [0.4, 0.5) is 5.69 Å². The van der Waals surface area contributed by atoms with Crippen molar-refractivity contribution in [2.24, 2.45) is 11.8 Å². The molecular weight excluding hydrogens is 268 g/mol. The van der Waals surface area contributed by atoms with Gasteiger partial charge in [-0.1, -0.05) is 0 Å². The Labute approximate surface area is 104 Å². The lowest BCUT2D eigenvalue weighted by molar-refractivity contribution is 0.133. The first-order chi connectivity index (χ1) is 7.75. The van der Waals surface area contributed by atoms with Gasteiger partial charge in [0.15, 0.2) is 0 Å². The first-order valence-electron chi connectivity index (χ1n) is 5.78. The summed E-state index contributed by atoms with van der Waals surface area (Å²) in [5.41, 5.74) is 1.21. The van der Waals surface area contributed by atoms with Crippen molar-refractivity contribution in [3.63, 3.8) is 0 Å². The molecule has 2 fully saturated rings. The first kappa shape index (κ1) is 10.5. The summed E-state index contributed by atoms with van der Waals surface area (Å²) in [7, 11) is 0. The number of aliphatic hydroxyl groups excluding tert-OH is 1. The van der Waals surface area contributed by atoms with E-state index in [1.165, 1.54) is 12.1 Å². The number of aromatic nitrogens is 1. The largest absolute Gasteiger partial charge is 0.393 e. The average Bonchev–Trinajstić information content (AvgIpc) is 2.82. The highest BCUT2D eigenvalue weighted by molar-refractivity contribution is 9.10. The molecule has 2 aliphatic rings. The molecule has 1 saturated heterocycles. The minimum absolute atomic E-state index is 0.0874. The van der Waals surface area contributed by atoms with Crippen molar-refractivity contribution in [3.05, 3.63) is 22.9 Å². The van der Waals surface area contributed by atoms with E-state index in [0.29, 0.717) is 11.8 Å². The topological polar surface area (TPSA) is 36.4 Å². The van der Waals surface area contributed by atoms with E-state index in [0.717, 1.165) is 24.0 Å². The van der Waals surface area contributed by atoms with Crippen LogP contribution in [0, 0.1) is 11.8 Å². The molecule has 0 amide bonds. The van der Waals surface area contributed by atoms with Crippen LogP contribution >= 0.6 is 15.9 Å². The Morgan fingerprint density at radius 3 is 3.00 bits per heavy atom. The summed E-state index contributed by atoms with van der Waals surface area (Å²) < 4.78 is 1.05. The zero-order valence-corrected chi connectivity index (χ0v) is 10.6. The lowest BCUT2D eigenvalue weighted by Gasteiger charge is -2.21. The number of fused-ring (bicyclic) bond motifs is 1. The number of pyridine rings is 1. The Morgan fingerprint density at radius 2 is 2.25 bits per heavy atom. The number of hydrogen-bond donors (Lipinski definition) is 1. The van der Waals surface area contributed by atoms with Gasteiger partial charge < -0.3 is 10.0 Å². The van der Waals surface area contributed by atoms with Crippen molar-refractivity contribution in [1.82, 2.24) is 4.98 Å². The molecule has 1 aromatic heterocycles. The number of rotatable bonds is 1. The van der Waals surface area contributed by atoms with Crippen molar-refractivity contribution < 1.29 is 5.11 Å². The van der Waals surface area contributed by atoms with Gasteiger partial charge in [-0.05, 0) is 40.8 Å². The molecule has 1 aliphatic carbocycles. The van der Waals surface area contributed by atoms with Gasteiger partial charge in [-0.3, -0.25) is 4.98 Å². The quantitative estimate of drug-likeness (QED) is 0.857. The molecule has 0 radical (unpaired) electrons. The fraction of sp³-hybridized carbons (Fsp3) is 0.583. The summed E-state index contributed by atoms with van der Waals surface area (Å²) in [5.74, 6) is 1.15. The molecule has 1 aromatic rings. The summed E-state index contributed by atoms with van der Waals surface area (Å²) >= 11 is 3.53. The number of aliphatic hydroxyl groups is 1. The van der Waals surface area contributed by atoms with Crippen molar-refractivity contribution in [3.8, 4) is 0 Å². The summed E-state index contributed by atoms with van der Waals surface area (Å²) in [5, 5.41) is 9.88. The van der Waals surface area contributed by atoms with Gasteiger partial charge in [0.2, 0.25) is 0 Å². The third-order valence-electron chi connectivity index (χ3n) is 3.91.